The van der Waals surface area contributed by atoms with E-state index in [0.29, 0.717) is 0 Å². The first-order valence-electron chi connectivity index (χ1n) is 28.5. The molecular weight excluding hydrogens is 995 g/mol. The summed E-state index contributed by atoms with van der Waals surface area (Å²) in [6.45, 7) is 25.8. The lowest BCUT2D eigenvalue weighted by Crippen LogP contribution is -2.11. The van der Waals surface area contributed by atoms with Gasteiger partial charge in [-0.2, -0.15) is 0 Å². The lowest BCUT2D eigenvalue weighted by molar-refractivity contribution is 1.16. The van der Waals surface area contributed by atoms with Crippen LogP contribution in [-0.4, -0.2) is 35.2 Å². The first-order valence-corrected chi connectivity index (χ1v) is 28.5. The van der Waals surface area contributed by atoms with Crippen LogP contribution in [0.3, 0.4) is 0 Å². The third-order valence-electron chi connectivity index (χ3n) is 15.5. The maximum Gasteiger partial charge on any atom is 0.0440 e. The minimum atomic E-state index is 1.21. The Morgan fingerprint density at radius 1 is 0.171 bits per heavy atom. The SMILES string of the molecule is Cc1cc(C)c(N(C)c2ccccc2)cc1C.Cc1ccc(C)c(N(C)c2ccccc2)c1.Cc1ccc(N(C)c2ccccc2)cc1C.Cc1ccc(N(C)c2ccccc2C)cc1.Cc1ccc(N(C)c2ccccc2C)cc1C. The Hall–Kier alpha value is -8.80. The van der Waals surface area contributed by atoms with Gasteiger partial charge in [0.2, 0.25) is 0 Å². The van der Waals surface area contributed by atoms with Gasteiger partial charge in [0, 0.05) is 92.1 Å². The Kier molecular flexibility index (Phi) is 22.9. The second-order valence-electron chi connectivity index (χ2n) is 21.8. The van der Waals surface area contributed by atoms with Crippen LogP contribution in [0.1, 0.15) is 66.8 Å². The summed E-state index contributed by atoms with van der Waals surface area (Å²) < 4.78 is 0. The number of rotatable bonds is 10. The second-order valence-corrected chi connectivity index (χ2v) is 21.8. The fraction of sp³-hybridized carbons (Fsp3) is 0.221. The predicted octanol–water partition coefficient (Wildman–Crippen LogP) is 21.0. The lowest BCUT2D eigenvalue weighted by Gasteiger charge is -2.22. The zero-order valence-corrected chi connectivity index (χ0v) is 52.2. The minimum Gasteiger partial charge on any atom is -0.345 e. The van der Waals surface area contributed by atoms with Gasteiger partial charge < -0.3 is 24.5 Å². The predicted molar refractivity (Wildman–Crippen MR) is 362 cm³/mol. The lowest BCUT2D eigenvalue weighted by atomic mass is 10.0. The van der Waals surface area contributed by atoms with Crippen molar-refractivity contribution in [1.29, 1.82) is 0 Å². The highest BCUT2D eigenvalue weighted by atomic mass is 15.1. The zero-order valence-electron chi connectivity index (χ0n) is 52.2. The average molecular weight is 1080 g/mol. The van der Waals surface area contributed by atoms with E-state index < -0.39 is 0 Å². The Morgan fingerprint density at radius 3 is 0.902 bits per heavy atom. The van der Waals surface area contributed by atoms with Crippen LogP contribution in [0.2, 0.25) is 0 Å². The molecule has 0 spiro atoms. The van der Waals surface area contributed by atoms with Crippen molar-refractivity contribution < 1.29 is 0 Å². The highest BCUT2D eigenvalue weighted by molar-refractivity contribution is 5.70. The Balaban J connectivity index is 0.000000165. The molecule has 0 fully saturated rings. The minimum absolute atomic E-state index is 1.21. The molecule has 0 heterocycles. The van der Waals surface area contributed by atoms with Crippen LogP contribution in [-0.2, 0) is 0 Å². The van der Waals surface area contributed by atoms with E-state index in [0.717, 1.165) is 0 Å². The molecule has 10 aromatic carbocycles. The van der Waals surface area contributed by atoms with Gasteiger partial charge in [0.1, 0.15) is 0 Å². The first-order chi connectivity index (χ1) is 39.2. The smallest absolute Gasteiger partial charge is 0.0440 e. The van der Waals surface area contributed by atoms with Crippen LogP contribution in [0.15, 0.2) is 231 Å². The highest BCUT2D eigenvalue weighted by Gasteiger charge is 2.11. The summed E-state index contributed by atoms with van der Waals surface area (Å²) in [6, 6.07) is 81.0. The van der Waals surface area contributed by atoms with Crippen molar-refractivity contribution in [3.8, 4) is 0 Å². The number of hydrogen-bond acceptors (Lipinski definition) is 5. The summed E-state index contributed by atoms with van der Waals surface area (Å²) in [7, 11) is 10.5. The topological polar surface area (TPSA) is 16.2 Å². The molecule has 0 unspecified atom stereocenters. The van der Waals surface area contributed by atoms with Gasteiger partial charge in [-0.1, -0.05) is 139 Å². The molecule has 0 saturated heterocycles. The maximum atomic E-state index is 2.26. The number of nitrogens with zero attached hydrogens (tertiary/aromatic N) is 5. The van der Waals surface area contributed by atoms with E-state index in [9.17, 15) is 0 Å². The van der Waals surface area contributed by atoms with Crippen molar-refractivity contribution in [3.05, 3.63) is 297 Å². The molecule has 0 amide bonds. The first kappa shape index (κ1) is 62.4. The fourth-order valence-electron chi connectivity index (χ4n) is 9.56. The van der Waals surface area contributed by atoms with E-state index in [1.165, 1.54) is 124 Å². The third kappa shape index (κ3) is 17.4. The largest absolute Gasteiger partial charge is 0.345 e. The average Bonchev–Trinajstić information content (AvgIpc) is 3.65. The number of para-hydroxylation sites is 5. The van der Waals surface area contributed by atoms with Crippen LogP contribution in [0.5, 0.6) is 0 Å². The molecule has 10 rings (SSSR count). The normalized spacial score (nSPS) is 10.3. The summed E-state index contributed by atoms with van der Waals surface area (Å²) in [4.78, 5) is 11.1. The quantitative estimate of drug-likeness (QED) is 0.135. The molecule has 0 N–H and O–H groups in total. The summed E-state index contributed by atoms with van der Waals surface area (Å²) in [5.74, 6) is 0. The van der Waals surface area contributed by atoms with Crippen LogP contribution in [0, 0.1) is 83.1 Å². The van der Waals surface area contributed by atoms with E-state index in [2.05, 4.69) is 355 Å². The summed E-state index contributed by atoms with van der Waals surface area (Å²) in [5.41, 5.74) is 28.3. The molecule has 0 aliphatic rings. The van der Waals surface area contributed by atoms with Crippen molar-refractivity contribution in [2.45, 2.75) is 83.1 Å². The van der Waals surface area contributed by atoms with Crippen molar-refractivity contribution >= 4 is 56.9 Å². The van der Waals surface area contributed by atoms with E-state index >= 15 is 0 Å². The van der Waals surface area contributed by atoms with Gasteiger partial charge in [-0.25, -0.2) is 0 Å². The summed E-state index contributed by atoms with van der Waals surface area (Å²) >= 11 is 0. The molecule has 82 heavy (non-hydrogen) atoms. The van der Waals surface area contributed by atoms with Gasteiger partial charge >= 0.3 is 0 Å². The molecule has 0 bridgehead atoms. The molecular formula is C77H89N5. The standard InChI is InChI=1S/2C16H19N.3C15H17N/c1-12-9-10-15(11-14(12)3)17(4)16-8-6-5-7-13(16)2;1-12-10-14(3)16(11-13(12)2)17(4)15-8-6-5-7-9-15;1-12-8-10-14(11-9-12)16(3)15-7-5-4-6-13(15)2;1-12-9-10-15(11-13(12)2)16(3)14-7-5-4-6-8-14;1-12-9-10-13(2)15(11-12)16(3)14-7-5-4-6-8-14/h2*5-11H,1-4H3;3*4-11H,1-3H3. The van der Waals surface area contributed by atoms with Crippen molar-refractivity contribution in [2.24, 2.45) is 0 Å². The molecule has 5 nitrogen and oxygen atoms in total. The number of anilines is 10. The maximum absolute atomic E-state index is 2.26. The number of aryl methyl sites for hydroxylation is 12. The van der Waals surface area contributed by atoms with Crippen molar-refractivity contribution in [1.82, 2.24) is 0 Å². The summed E-state index contributed by atoms with van der Waals surface area (Å²) in [5, 5.41) is 0. The van der Waals surface area contributed by atoms with Gasteiger partial charge in [-0.3, -0.25) is 0 Å². The number of benzene rings is 10. The van der Waals surface area contributed by atoms with Gasteiger partial charge in [0.05, 0.1) is 0 Å². The van der Waals surface area contributed by atoms with Crippen molar-refractivity contribution in [2.75, 3.05) is 59.7 Å². The molecule has 0 aromatic heterocycles. The van der Waals surface area contributed by atoms with Gasteiger partial charge in [0.15, 0.2) is 0 Å². The fourth-order valence-corrected chi connectivity index (χ4v) is 9.56. The molecule has 0 saturated carbocycles. The zero-order chi connectivity index (χ0) is 59.5. The Morgan fingerprint density at radius 2 is 0.463 bits per heavy atom. The van der Waals surface area contributed by atoms with Crippen molar-refractivity contribution in [3.63, 3.8) is 0 Å². The van der Waals surface area contributed by atoms with Gasteiger partial charge in [0.25, 0.3) is 0 Å². The van der Waals surface area contributed by atoms with Crippen LogP contribution < -0.4 is 24.5 Å². The molecule has 422 valence electrons. The van der Waals surface area contributed by atoms with Crippen LogP contribution >= 0.6 is 0 Å². The molecule has 0 radical (unpaired) electrons. The van der Waals surface area contributed by atoms with E-state index in [4.69, 9.17) is 0 Å². The van der Waals surface area contributed by atoms with Crippen LogP contribution in [0.4, 0.5) is 56.9 Å². The Labute approximate surface area is 494 Å². The molecule has 0 atom stereocenters. The summed E-state index contributed by atoms with van der Waals surface area (Å²) in [6.07, 6.45) is 0. The second kappa shape index (κ2) is 30.1. The van der Waals surface area contributed by atoms with Gasteiger partial charge in [-0.15, -0.1) is 0 Å². The molecule has 0 aliphatic heterocycles. The monoisotopic (exact) mass is 1080 g/mol. The molecule has 0 aliphatic carbocycles. The number of hydrogen-bond donors (Lipinski definition) is 0. The van der Waals surface area contributed by atoms with Gasteiger partial charge in [-0.05, 0) is 241 Å². The van der Waals surface area contributed by atoms with E-state index in [1.807, 2.05) is 18.2 Å². The van der Waals surface area contributed by atoms with E-state index in [-0.39, 0.29) is 0 Å². The third-order valence-corrected chi connectivity index (χ3v) is 15.5. The van der Waals surface area contributed by atoms with Crippen LogP contribution in [0.25, 0.3) is 0 Å². The van der Waals surface area contributed by atoms with E-state index in [1.54, 1.807) is 0 Å². The Bertz CT molecular complexity index is 3570. The highest BCUT2D eigenvalue weighted by Crippen LogP contribution is 2.32. The molecule has 10 aromatic rings. The molecule has 5 heteroatoms.